The summed E-state index contributed by atoms with van der Waals surface area (Å²) in [6.07, 6.45) is 1.72. The van der Waals surface area contributed by atoms with Crippen LogP contribution in [0.15, 0.2) is 18.2 Å². The van der Waals surface area contributed by atoms with Crippen molar-refractivity contribution >= 4 is 11.9 Å². The Labute approximate surface area is 123 Å². The monoisotopic (exact) mass is 288 g/mol. The Balaban J connectivity index is 1.81. The summed E-state index contributed by atoms with van der Waals surface area (Å²) in [6, 6.07) is 5.13. The number of hydrogen-bond acceptors (Lipinski definition) is 3. The molecule has 0 aliphatic carbocycles. The average Bonchev–Trinajstić information content (AvgIpc) is 3.12. The molecular formula is C16H20N2O3. The zero-order valence-electron chi connectivity index (χ0n) is 12.2. The minimum Gasteiger partial charge on any atom is -0.478 e. The highest BCUT2D eigenvalue weighted by Crippen LogP contribution is 2.35. The Kier molecular flexibility index (Phi) is 3.45. The second-order valence-electron chi connectivity index (χ2n) is 6.01. The second-order valence-corrected chi connectivity index (χ2v) is 6.01. The SMILES string of the molecule is CCC1(C(=O)N2Cc3ccc(C(=O)O)cc3C2)CCNC1. The molecule has 0 spiro atoms. The molecule has 0 aromatic heterocycles. The van der Waals surface area contributed by atoms with Gasteiger partial charge in [0.15, 0.2) is 0 Å². The van der Waals surface area contributed by atoms with Crippen molar-refractivity contribution in [1.82, 2.24) is 10.2 Å². The van der Waals surface area contributed by atoms with E-state index in [1.54, 1.807) is 12.1 Å². The predicted molar refractivity (Wildman–Crippen MR) is 77.9 cm³/mol. The lowest BCUT2D eigenvalue weighted by atomic mass is 9.83. The first-order valence-electron chi connectivity index (χ1n) is 7.41. The van der Waals surface area contributed by atoms with Crippen molar-refractivity contribution in [3.05, 3.63) is 34.9 Å². The van der Waals surface area contributed by atoms with E-state index in [0.717, 1.165) is 37.1 Å². The lowest BCUT2D eigenvalue weighted by Crippen LogP contribution is -2.42. The smallest absolute Gasteiger partial charge is 0.335 e. The predicted octanol–water partition coefficient (Wildman–Crippen LogP) is 1.62. The molecule has 0 radical (unpaired) electrons. The molecule has 0 bridgehead atoms. The molecule has 5 nitrogen and oxygen atoms in total. The first-order chi connectivity index (χ1) is 10.1. The summed E-state index contributed by atoms with van der Waals surface area (Å²) in [7, 11) is 0. The highest BCUT2D eigenvalue weighted by Gasteiger charge is 2.43. The van der Waals surface area contributed by atoms with Gasteiger partial charge in [0, 0.05) is 19.6 Å². The Morgan fingerprint density at radius 1 is 1.33 bits per heavy atom. The van der Waals surface area contributed by atoms with E-state index in [1.165, 1.54) is 0 Å². The van der Waals surface area contributed by atoms with Crippen LogP contribution in [0.25, 0.3) is 0 Å². The maximum atomic E-state index is 12.9. The van der Waals surface area contributed by atoms with Crippen molar-refractivity contribution < 1.29 is 14.7 Å². The summed E-state index contributed by atoms with van der Waals surface area (Å²) < 4.78 is 0. The quantitative estimate of drug-likeness (QED) is 0.886. The number of nitrogens with zero attached hydrogens (tertiary/aromatic N) is 1. The van der Waals surface area contributed by atoms with Crippen LogP contribution in [0.5, 0.6) is 0 Å². The number of carbonyl (C=O) groups is 2. The van der Waals surface area contributed by atoms with Crippen molar-refractivity contribution in [3.63, 3.8) is 0 Å². The largest absolute Gasteiger partial charge is 0.478 e. The maximum Gasteiger partial charge on any atom is 0.335 e. The molecule has 1 unspecified atom stereocenters. The van der Waals surface area contributed by atoms with Gasteiger partial charge in [-0.1, -0.05) is 13.0 Å². The molecule has 1 atom stereocenters. The van der Waals surface area contributed by atoms with Crippen LogP contribution < -0.4 is 5.32 Å². The number of carbonyl (C=O) groups excluding carboxylic acids is 1. The van der Waals surface area contributed by atoms with E-state index in [0.29, 0.717) is 13.1 Å². The van der Waals surface area contributed by atoms with Gasteiger partial charge in [0.1, 0.15) is 0 Å². The van der Waals surface area contributed by atoms with E-state index in [9.17, 15) is 9.59 Å². The minimum absolute atomic E-state index is 0.197. The van der Waals surface area contributed by atoms with Crippen molar-refractivity contribution in [2.75, 3.05) is 13.1 Å². The summed E-state index contributed by atoms with van der Waals surface area (Å²) in [5.41, 5.74) is 2.03. The third-order valence-electron chi connectivity index (χ3n) is 4.84. The fourth-order valence-electron chi connectivity index (χ4n) is 3.39. The molecule has 21 heavy (non-hydrogen) atoms. The van der Waals surface area contributed by atoms with E-state index >= 15 is 0 Å². The van der Waals surface area contributed by atoms with Crippen molar-refractivity contribution in [2.24, 2.45) is 5.41 Å². The Bertz CT molecular complexity index is 591. The molecule has 112 valence electrons. The van der Waals surface area contributed by atoms with Gasteiger partial charge in [-0.3, -0.25) is 4.79 Å². The summed E-state index contributed by atoms with van der Waals surface area (Å²) in [5, 5.41) is 12.3. The third kappa shape index (κ3) is 2.31. The van der Waals surface area contributed by atoms with Crippen LogP contribution in [0.2, 0.25) is 0 Å². The third-order valence-corrected chi connectivity index (χ3v) is 4.84. The molecule has 0 saturated carbocycles. The number of carboxylic acid groups (broad SMARTS) is 1. The Morgan fingerprint density at radius 3 is 2.71 bits per heavy atom. The molecule has 2 aliphatic rings. The van der Waals surface area contributed by atoms with Crippen LogP contribution in [0.3, 0.4) is 0 Å². The van der Waals surface area contributed by atoms with Crippen LogP contribution in [-0.4, -0.2) is 35.0 Å². The van der Waals surface area contributed by atoms with Crippen molar-refractivity contribution in [3.8, 4) is 0 Å². The van der Waals surface area contributed by atoms with Crippen LogP contribution in [0, 0.1) is 5.41 Å². The number of benzene rings is 1. The summed E-state index contributed by atoms with van der Waals surface area (Å²) in [4.78, 5) is 25.8. The number of rotatable bonds is 3. The topological polar surface area (TPSA) is 69.6 Å². The van der Waals surface area contributed by atoms with Gasteiger partial charge in [-0.2, -0.15) is 0 Å². The van der Waals surface area contributed by atoms with E-state index in [4.69, 9.17) is 5.11 Å². The normalized spacial score (nSPS) is 24.1. The summed E-state index contributed by atoms with van der Waals surface area (Å²) in [5.74, 6) is -0.726. The zero-order valence-corrected chi connectivity index (χ0v) is 12.2. The standard InChI is InChI=1S/C16H20N2O3/c1-2-16(5-6-17-10-16)15(21)18-8-12-4-3-11(14(19)20)7-13(12)9-18/h3-4,7,17H,2,5-6,8-10H2,1H3,(H,19,20). The fraction of sp³-hybridized carbons (Fsp3) is 0.500. The highest BCUT2D eigenvalue weighted by atomic mass is 16.4. The molecule has 1 saturated heterocycles. The van der Waals surface area contributed by atoms with E-state index in [2.05, 4.69) is 12.2 Å². The van der Waals surface area contributed by atoms with Crippen LogP contribution in [0.1, 0.15) is 41.3 Å². The van der Waals surface area contributed by atoms with Crippen LogP contribution in [-0.2, 0) is 17.9 Å². The van der Waals surface area contributed by atoms with Gasteiger partial charge in [-0.25, -0.2) is 4.79 Å². The molecule has 1 fully saturated rings. The van der Waals surface area contributed by atoms with Crippen LogP contribution >= 0.6 is 0 Å². The maximum absolute atomic E-state index is 12.9. The van der Waals surface area contributed by atoms with Gasteiger partial charge < -0.3 is 15.3 Å². The zero-order chi connectivity index (χ0) is 15.0. The summed E-state index contributed by atoms with van der Waals surface area (Å²) in [6.45, 7) is 4.82. The summed E-state index contributed by atoms with van der Waals surface area (Å²) >= 11 is 0. The van der Waals surface area contributed by atoms with Crippen molar-refractivity contribution in [2.45, 2.75) is 32.9 Å². The average molecular weight is 288 g/mol. The van der Waals surface area contributed by atoms with Gasteiger partial charge in [0.05, 0.1) is 11.0 Å². The number of aromatic carboxylic acids is 1. The van der Waals surface area contributed by atoms with Gasteiger partial charge in [-0.05, 0) is 42.6 Å². The minimum atomic E-state index is -0.924. The van der Waals surface area contributed by atoms with Gasteiger partial charge >= 0.3 is 5.97 Å². The molecule has 2 heterocycles. The lowest BCUT2D eigenvalue weighted by molar-refractivity contribution is -0.142. The molecule has 3 rings (SSSR count). The second kappa shape index (κ2) is 5.15. The molecule has 2 aliphatic heterocycles. The highest BCUT2D eigenvalue weighted by molar-refractivity contribution is 5.88. The Morgan fingerprint density at radius 2 is 2.10 bits per heavy atom. The number of carboxylic acids is 1. The molecule has 1 aromatic carbocycles. The number of fused-ring (bicyclic) bond motifs is 1. The van der Waals surface area contributed by atoms with Gasteiger partial charge in [0.25, 0.3) is 0 Å². The molecule has 1 aromatic rings. The fourth-order valence-corrected chi connectivity index (χ4v) is 3.39. The van der Waals surface area contributed by atoms with E-state index < -0.39 is 5.97 Å². The molecule has 5 heteroatoms. The van der Waals surface area contributed by atoms with Gasteiger partial charge in [-0.15, -0.1) is 0 Å². The van der Waals surface area contributed by atoms with Crippen LogP contribution in [0.4, 0.5) is 0 Å². The number of nitrogens with one attached hydrogen (secondary N) is 1. The number of amides is 1. The lowest BCUT2D eigenvalue weighted by Gasteiger charge is -2.30. The molecular weight excluding hydrogens is 268 g/mol. The van der Waals surface area contributed by atoms with E-state index in [1.807, 2.05) is 11.0 Å². The first-order valence-corrected chi connectivity index (χ1v) is 7.41. The molecule has 2 N–H and O–H groups in total. The Hall–Kier alpha value is -1.88. The van der Waals surface area contributed by atoms with Crippen molar-refractivity contribution in [1.29, 1.82) is 0 Å². The van der Waals surface area contributed by atoms with E-state index in [-0.39, 0.29) is 16.9 Å². The van der Waals surface area contributed by atoms with Gasteiger partial charge in [0.2, 0.25) is 5.91 Å². The first kappa shape index (κ1) is 14.1. The number of hydrogen-bond donors (Lipinski definition) is 2. The molecule has 1 amide bonds.